The summed E-state index contributed by atoms with van der Waals surface area (Å²) in [5.74, 6) is 0. The molecule has 0 saturated carbocycles. The minimum Gasteiger partial charge on any atom is -0.324 e. The molecule has 4 heteroatoms. The van der Waals surface area contributed by atoms with Crippen LogP contribution in [-0.4, -0.2) is 15.0 Å². The van der Waals surface area contributed by atoms with Gasteiger partial charge in [-0.3, -0.25) is 0 Å². The Morgan fingerprint density at radius 2 is 1.94 bits per heavy atom. The van der Waals surface area contributed by atoms with Crippen molar-refractivity contribution in [3.05, 3.63) is 54.1 Å². The van der Waals surface area contributed by atoms with Gasteiger partial charge in [-0.1, -0.05) is 29.5 Å². The second kappa shape index (κ2) is 4.23. The largest absolute Gasteiger partial charge is 0.324 e. The fourth-order valence-corrected chi connectivity index (χ4v) is 2.00. The highest BCUT2D eigenvalue weighted by molar-refractivity contribution is 5.75. The molecule has 3 aromatic rings. The lowest BCUT2D eigenvalue weighted by Gasteiger charge is -2.08. The first-order valence-electron chi connectivity index (χ1n) is 5.92. The number of hydrogen-bond acceptors (Lipinski definition) is 3. The normalized spacial score (nSPS) is 12.8. The number of nitrogens with two attached hydrogens (primary N) is 1. The number of fused-ring (bicyclic) bond motifs is 1. The Morgan fingerprint density at radius 1 is 1.11 bits per heavy atom. The summed E-state index contributed by atoms with van der Waals surface area (Å²) < 4.78 is 1.83. The number of para-hydroxylation sites is 1. The van der Waals surface area contributed by atoms with Crippen LogP contribution in [0, 0.1) is 0 Å². The second-order valence-electron chi connectivity index (χ2n) is 4.37. The van der Waals surface area contributed by atoms with Crippen LogP contribution in [0.3, 0.4) is 0 Å². The molecule has 0 radical (unpaired) electrons. The van der Waals surface area contributed by atoms with Gasteiger partial charge >= 0.3 is 0 Å². The molecule has 1 aromatic heterocycles. The van der Waals surface area contributed by atoms with Gasteiger partial charge in [-0.25, -0.2) is 4.68 Å². The molecule has 0 fully saturated rings. The number of benzene rings is 2. The van der Waals surface area contributed by atoms with Gasteiger partial charge in [0, 0.05) is 6.04 Å². The van der Waals surface area contributed by atoms with E-state index in [0.29, 0.717) is 0 Å². The Hall–Kier alpha value is -2.20. The molecule has 2 N–H and O–H groups in total. The number of rotatable bonds is 2. The minimum atomic E-state index is 0.0136. The highest BCUT2D eigenvalue weighted by atomic mass is 15.4. The van der Waals surface area contributed by atoms with E-state index in [1.807, 2.05) is 60.1 Å². The van der Waals surface area contributed by atoms with E-state index in [1.54, 1.807) is 0 Å². The molecule has 1 heterocycles. The molecule has 0 saturated heterocycles. The van der Waals surface area contributed by atoms with Crippen LogP contribution in [0.2, 0.25) is 0 Å². The average molecular weight is 238 g/mol. The van der Waals surface area contributed by atoms with E-state index in [9.17, 15) is 0 Å². The standard InChI is InChI=1S/C14H14N4/c1-10(15)11-5-4-6-12(9-11)18-14-8-3-2-7-13(14)16-17-18/h2-10H,15H2,1H3. The SMILES string of the molecule is CC(N)c1cccc(-n2nnc3ccccc32)c1. The van der Waals surface area contributed by atoms with Crippen molar-refractivity contribution in [1.82, 2.24) is 15.0 Å². The quantitative estimate of drug-likeness (QED) is 0.746. The maximum absolute atomic E-state index is 5.90. The summed E-state index contributed by atoms with van der Waals surface area (Å²) in [5, 5.41) is 8.34. The molecule has 4 nitrogen and oxygen atoms in total. The zero-order chi connectivity index (χ0) is 12.5. The van der Waals surface area contributed by atoms with Crippen LogP contribution in [0.5, 0.6) is 0 Å². The van der Waals surface area contributed by atoms with E-state index in [1.165, 1.54) is 0 Å². The summed E-state index contributed by atoms with van der Waals surface area (Å²) in [6, 6.07) is 16.0. The van der Waals surface area contributed by atoms with Crippen LogP contribution in [0.4, 0.5) is 0 Å². The lowest BCUT2D eigenvalue weighted by Crippen LogP contribution is -2.06. The number of hydrogen-bond donors (Lipinski definition) is 1. The molecule has 3 rings (SSSR count). The average Bonchev–Trinajstić information content (AvgIpc) is 2.82. The fourth-order valence-electron chi connectivity index (χ4n) is 2.00. The first-order valence-corrected chi connectivity index (χ1v) is 5.92. The summed E-state index contributed by atoms with van der Waals surface area (Å²) in [4.78, 5) is 0. The van der Waals surface area contributed by atoms with Gasteiger partial charge in [-0.05, 0) is 36.8 Å². The summed E-state index contributed by atoms with van der Waals surface area (Å²) >= 11 is 0. The predicted molar refractivity (Wildman–Crippen MR) is 71.5 cm³/mol. The van der Waals surface area contributed by atoms with E-state index in [2.05, 4.69) is 10.3 Å². The predicted octanol–water partition coefficient (Wildman–Crippen LogP) is 2.44. The van der Waals surface area contributed by atoms with Gasteiger partial charge in [0.2, 0.25) is 0 Å². The van der Waals surface area contributed by atoms with Crippen molar-refractivity contribution in [3.63, 3.8) is 0 Å². The molecular weight excluding hydrogens is 224 g/mol. The number of nitrogens with zero attached hydrogens (tertiary/aromatic N) is 3. The van der Waals surface area contributed by atoms with Crippen LogP contribution in [-0.2, 0) is 0 Å². The maximum atomic E-state index is 5.90. The number of aromatic nitrogens is 3. The van der Waals surface area contributed by atoms with Crippen molar-refractivity contribution >= 4 is 11.0 Å². The Morgan fingerprint density at radius 3 is 2.78 bits per heavy atom. The molecule has 2 aromatic carbocycles. The van der Waals surface area contributed by atoms with Crippen molar-refractivity contribution in [1.29, 1.82) is 0 Å². The summed E-state index contributed by atoms with van der Waals surface area (Å²) in [5.41, 5.74) is 9.87. The van der Waals surface area contributed by atoms with Crippen LogP contribution < -0.4 is 5.73 Å². The van der Waals surface area contributed by atoms with E-state index in [-0.39, 0.29) is 6.04 Å². The lowest BCUT2D eigenvalue weighted by molar-refractivity contribution is 0.798. The summed E-state index contributed by atoms with van der Waals surface area (Å²) in [6.45, 7) is 1.97. The van der Waals surface area contributed by atoms with Crippen LogP contribution in [0.1, 0.15) is 18.5 Å². The van der Waals surface area contributed by atoms with Gasteiger partial charge in [-0.2, -0.15) is 0 Å². The van der Waals surface area contributed by atoms with Gasteiger partial charge in [0.1, 0.15) is 5.52 Å². The molecule has 0 bridgehead atoms. The monoisotopic (exact) mass is 238 g/mol. The molecule has 90 valence electrons. The minimum absolute atomic E-state index is 0.0136. The Balaban J connectivity index is 2.17. The third-order valence-electron chi connectivity index (χ3n) is 2.99. The molecule has 18 heavy (non-hydrogen) atoms. The highest BCUT2D eigenvalue weighted by Crippen LogP contribution is 2.18. The third-order valence-corrected chi connectivity index (χ3v) is 2.99. The molecule has 1 unspecified atom stereocenters. The van der Waals surface area contributed by atoms with Gasteiger partial charge in [0.15, 0.2) is 0 Å². The van der Waals surface area contributed by atoms with Gasteiger partial charge < -0.3 is 5.73 Å². The second-order valence-corrected chi connectivity index (χ2v) is 4.37. The zero-order valence-corrected chi connectivity index (χ0v) is 10.1. The van der Waals surface area contributed by atoms with Crippen molar-refractivity contribution in [2.45, 2.75) is 13.0 Å². The van der Waals surface area contributed by atoms with E-state index >= 15 is 0 Å². The fraction of sp³-hybridized carbons (Fsp3) is 0.143. The smallest absolute Gasteiger partial charge is 0.113 e. The molecule has 0 amide bonds. The topological polar surface area (TPSA) is 56.7 Å². The van der Waals surface area contributed by atoms with Crippen LogP contribution >= 0.6 is 0 Å². The van der Waals surface area contributed by atoms with E-state index in [4.69, 9.17) is 5.73 Å². The maximum Gasteiger partial charge on any atom is 0.113 e. The van der Waals surface area contributed by atoms with Crippen LogP contribution in [0.15, 0.2) is 48.5 Å². The summed E-state index contributed by atoms with van der Waals surface area (Å²) in [7, 11) is 0. The van der Waals surface area contributed by atoms with Crippen molar-refractivity contribution < 1.29 is 0 Å². The van der Waals surface area contributed by atoms with Gasteiger partial charge in [-0.15, -0.1) is 5.10 Å². The zero-order valence-electron chi connectivity index (χ0n) is 10.1. The third kappa shape index (κ3) is 1.76. The first kappa shape index (κ1) is 10.9. The van der Waals surface area contributed by atoms with Crippen molar-refractivity contribution in [3.8, 4) is 5.69 Å². The summed E-state index contributed by atoms with van der Waals surface area (Å²) in [6.07, 6.45) is 0. The first-order chi connectivity index (χ1) is 8.75. The van der Waals surface area contributed by atoms with E-state index in [0.717, 1.165) is 22.3 Å². The molecule has 0 spiro atoms. The Kier molecular flexibility index (Phi) is 2.57. The van der Waals surface area contributed by atoms with Crippen molar-refractivity contribution in [2.24, 2.45) is 5.73 Å². The molecule has 0 aliphatic rings. The lowest BCUT2D eigenvalue weighted by atomic mass is 10.1. The highest BCUT2D eigenvalue weighted by Gasteiger charge is 2.07. The van der Waals surface area contributed by atoms with Gasteiger partial charge in [0.25, 0.3) is 0 Å². The molecule has 0 aliphatic carbocycles. The van der Waals surface area contributed by atoms with Crippen molar-refractivity contribution in [2.75, 3.05) is 0 Å². The Labute approximate surface area is 105 Å². The Bertz CT molecular complexity index is 685. The molecular formula is C14H14N4. The molecule has 0 aliphatic heterocycles. The van der Waals surface area contributed by atoms with E-state index < -0.39 is 0 Å². The van der Waals surface area contributed by atoms with Crippen LogP contribution in [0.25, 0.3) is 16.7 Å². The molecule has 1 atom stereocenters. The van der Waals surface area contributed by atoms with Gasteiger partial charge in [0.05, 0.1) is 11.2 Å².